The summed E-state index contributed by atoms with van der Waals surface area (Å²) in [5, 5.41) is 8.60. The zero-order valence-corrected chi connectivity index (χ0v) is 14.4. The van der Waals surface area contributed by atoms with Crippen LogP contribution >= 0.6 is 0 Å². The molecule has 0 saturated carbocycles. The van der Waals surface area contributed by atoms with Gasteiger partial charge in [0.2, 0.25) is 5.91 Å². The van der Waals surface area contributed by atoms with Gasteiger partial charge in [-0.3, -0.25) is 14.3 Å². The maximum Gasteiger partial charge on any atom is 0.253 e. The summed E-state index contributed by atoms with van der Waals surface area (Å²) in [6.07, 6.45) is 2.21. The minimum absolute atomic E-state index is 0.112. The molecule has 25 heavy (non-hydrogen) atoms. The number of aryl methyl sites for hydroxylation is 2. The number of hydrogen-bond acceptors (Lipinski definition) is 4. The second-order valence-electron chi connectivity index (χ2n) is 6.01. The van der Waals surface area contributed by atoms with Crippen molar-refractivity contribution in [3.63, 3.8) is 0 Å². The van der Waals surface area contributed by atoms with Crippen LogP contribution in [-0.4, -0.2) is 32.2 Å². The molecule has 0 aliphatic heterocycles. The summed E-state index contributed by atoms with van der Waals surface area (Å²) in [6.45, 7) is 5.01. The summed E-state index contributed by atoms with van der Waals surface area (Å²) >= 11 is 0. The Morgan fingerprint density at radius 1 is 1.28 bits per heavy atom. The van der Waals surface area contributed by atoms with Crippen LogP contribution in [0.25, 0.3) is 10.9 Å². The molecule has 0 unspecified atom stereocenters. The number of rotatable bonds is 6. The number of H-pyrrole nitrogens is 1. The number of hydrogen-bond donors (Lipinski definition) is 2. The molecular formula is C18H21N5O2. The first-order valence-corrected chi connectivity index (χ1v) is 8.28. The van der Waals surface area contributed by atoms with Gasteiger partial charge in [0, 0.05) is 29.7 Å². The molecule has 2 N–H and O–H groups in total. The molecule has 2 heterocycles. The van der Waals surface area contributed by atoms with E-state index in [0.717, 1.165) is 29.6 Å². The molecule has 0 spiro atoms. The summed E-state index contributed by atoms with van der Waals surface area (Å²) in [5.41, 5.74) is 2.90. The topological polar surface area (TPSA) is 92.7 Å². The maximum absolute atomic E-state index is 12.0. The molecule has 1 amide bonds. The minimum atomic E-state index is -0.209. The van der Waals surface area contributed by atoms with Crippen molar-refractivity contribution in [2.75, 3.05) is 6.54 Å². The van der Waals surface area contributed by atoms with Crippen LogP contribution in [-0.2, 0) is 17.8 Å². The van der Waals surface area contributed by atoms with Crippen LogP contribution in [0.15, 0.2) is 35.4 Å². The van der Waals surface area contributed by atoms with E-state index in [1.807, 2.05) is 22.9 Å². The molecule has 0 aliphatic rings. The van der Waals surface area contributed by atoms with Crippen LogP contribution in [0.5, 0.6) is 0 Å². The number of nitrogens with zero attached hydrogens (tertiary/aromatic N) is 3. The molecule has 7 heteroatoms. The van der Waals surface area contributed by atoms with E-state index in [0.29, 0.717) is 17.8 Å². The lowest BCUT2D eigenvalue weighted by Crippen LogP contribution is -2.28. The third kappa shape index (κ3) is 3.76. The Kier molecular flexibility index (Phi) is 4.92. The SMILES string of the molecule is Cc1c(CC(=O)NCCCn2nc3ccccc3c2C)nc[nH]c1=O. The van der Waals surface area contributed by atoms with Gasteiger partial charge in [-0.05, 0) is 26.3 Å². The molecule has 0 bridgehead atoms. The number of carbonyl (C=O) groups is 1. The van der Waals surface area contributed by atoms with Crippen LogP contribution in [0, 0.1) is 13.8 Å². The lowest BCUT2D eigenvalue weighted by molar-refractivity contribution is -0.120. The predicted octanol–water partition coefficient (Wildman–Crippen LogP) is 1.49. The maximum atomic E-state index is 12.0. The largest absolute Gasteiger partial charge is 0.356 e. The Morgan fingerprint density at radius 2 is 2.08 bits per heavy atom. The second-order valence-corrected chi connectivity index (χ2v) is 6.01. The van der Waals surface area contributed by atoms with Crippen molar-refractivity contribution in [1.82, 2.24) is 25.1 Å². The molecule has 0 radical (unpaired) electrons. The molecule has 0 atom stereocenters. The third-order valence-corrected chi connectivity index (χ3v) is 4.30. The predicted molar refractivity (Wildman–Crippen MR) is 95.4 cm³/mol. The number of carbonyl (C=O) groups excluding carboxylic acids is 1. The van der Waals surface area contributed by atoms with Gasteiger partial charge in [-0.2, -0.15) is 5.10 Å². The summed E-state index contributed by atoms with van der Waals surface area (Å²) < 4.78 is 1.97. The Bertz CT molecular complexity index is 957. The summed E-state index contributed by atoms with van der Waals surface area (Å²) in [4.78, 5) is 30.1. The van der Waals surface area contributed by atoms with Gasteiger partial charge < -0.3 is 10.3 Å². The average Bonchev–Trinajstić information content (AvgIpc) is 2.92. The average molecular weight is 339 g/mol. The van der Waals surface area contributed by atoms with E-state index in [1.165, 1.54) is 6.33 Å². The van der Waals surface area contributed by atoms with Gasteiger partial charge in [0.05, 0.1) is 24.0 Å². The number of benzene rings is 1. The number of nitrogens with one attached hydrogen (secondary N) is 2. The first-order chi connectivity index (χ1) is 12.1. The van der Waals surface area contributed by atoms with Gasteiger partial charge in [-0.15, -0.1) is 0 Å². The van der Waals surface area contributed by atoms with Crippen LogP contribution < -0.4 is 10.9 Å². The van der Waals surface area contributed by atoms with Crippen molar-refractivity contribution >= 4 is 16.8 Å². The highest BCUT2D eigenvalue weighted by atomic mass is 16.1. The normalized spacial score (nSPS) is 11.0. The fraction of sp³-hybridized carbons (Fsp3) is 0.333. The van der Waals surface area contributed by atoms with E-state index in [1.54, 1.807) is 6.92 Å². The number of amides is 1. The fourth-order valence-electron chi connectivity index (χ4n) is 2.78. The highest BCUT2D eigenvalue weighted by Gasteiger charge is 2.10. The van der Waals surface area contributed by atoms with Crippen molar-refractivity contribution in [1.29, 1.82) is 0 Å². The van der Waals surface area contributed by atoms with E-state index in [4.69, 9.17) is 0 Å². The van der Waals surface area contributed by atoms with Crippen LogP contribution in [0.2, 0.25) is 0 Å². The Balaban J connectivity index is 1.51. The zero-order chi connectivity index (χ0) is 17.8. The number of aromatic amines is 1. The quantitative estimate of drug-likeness (QED) is 0.666. The van der Waals surface area contributed by atoms with Gasteiger partial charge in [0.1, 0.15) is 0 Å². The summed E-state index contributed by atoms with van der Waals surface area (Å²) in [6, 6.07) is 8.04. The van der Waals surface area contributed by atoms with E-state index in [-0.39, 0.29) is 17.9 Å². The van der Waals surface area contributed by atoms with Crippen LogP contribution in [0.3, 0.4) is 0 Å². The molecule has 7 nitrogen and oxygen atoms in total. The number of fused-ring (bicyclic) bond motifs is 1. The van der Waals surface area contributed by atoms with Gasteiger partial charge in [0.25, 0.3) is 5.56 Å². The molecule has 3 rings (SSSR count). The van der Waals surface area contributed by atoms with E-state index >= 15 is 0 Å². The van der Waals surface area contributed by atoms with Gasteiger partial charge in [0.15, 0.2) is 0 Å². The molecular weight excluding hydrogens is 318 g/mol. The van der Waals surface area contributed by atoms with Crippen molar-refractivity contribution in [2.24, 2.45) is 0 Å². The standard InChI is InChI=1S/C18H21N5O2/c1-12-16(20-11-21-18(12)25)10-17(24)19-8-5-9-23-13(2)14-6-3-4-7-15(14)22-23/h3-4,6-7,11H,5,8-10H2,1-2H3,(H,19,24)(H,20,21,25). The van der Waals surface area contributed by atoms with Crippen molar-refractivity contribution in [3.8, 4) is 0 Å². The second kappa shape index (κ2) is 7.29. The smallest absolute Gasteiger partial charge is 0.253 e. The molecule has 0 aliphatic carbocycles. The van der Waals surface area contributed by atoms with Crippen molar-refractivity contribution < 1.29 is 4.79 Å². The molecule has 3 aromatic rings. The lowest BCUT2D eigenvalue weighted by atomic mass is 10.2. The monoisotopic (exact) mass is 339 g/mol. The Labute approximate surface area is 145 Å². The lowest BCUT2D eigenvalue weighted by Gasteiger charge is -2.07. The van der Waals surface area contributed by atoms with Gasteiger partial charge >= 0.3 is 0 Å². The van der Waals surface area contributed by atoms with Crippen LogP contribution in [0.1, 0.15) is 23.4 Å². The van der Waals surface area contributed by atoms with Crippen molar-refractivity contribution in [3.05, 3.63) is 57.9 Å². The first kappa shape index (κ1) is 16.9. The highest BCUT2D eigenvalue weighted by Crippen LogP contribution is 2.16. The summed E-state index contributed by atoms with van der Waals surface area (Å²) in [7, 11) is 0. The van der Waals surface area contributed by atoms with Gasteiger partial charge in [-0.25, -0.2) is 4.98 Å². The zero-order valence-electron chi connectivity index (χ0n) is 14.4. The molecule has 130 valence electrons. The first-order valence-electron chi connectivity index (χ1n) is 8.28. The Hall–Kier alpha value is -2.96. The molecule has 2 aromatic heterocycles. The third-order valence-electron chi connectivity index (χ3n) is 4.30. The Morgan fingerprint density at radius 3 is 2.88 bits per heavy atom. The summed E-state index contributed by atoms with van der Waals surface area (Å²) in [5.74, 6) is -0.136. The molecule has 0 saturated heterocycles. The molecule has 1 aromatic carbocycles. The minimum Gasteiger partial charge on any atom is -0.356 e. The van der Waals surface area contributed by atoms with Gasteiger partial charge in [-0.1, -0.05) is 18.2 Å². The van der Waals surface area contributed by atoms with E-state index in [9.17, 15) is 9.59 Å². The highest BCUT2D eigenvalue weighted by molar-refractivity contribution is 5.81. The molecule has 0 fully saturated rings. The van der Waals surface area contributed by atoms with E-state index in [2.05, 4.69) is 33.4 Å². The van der Waals surface area contributed by atoms with Crippen LogP contribution in [0.4, 0.5) is 0 Å². The number of aromatic nitrogens is 4. The van der Waals surface area contributed by atoms with Crippen molar-refractivity contribution in [2.45, 2.75) is 33.2 Å². The van der Waals surface area contributed by atoms with E-state index < -0.39 is 0 Å². The fourth-order valence-corrected chi connectivity index (χ4v) is 2.78.